The molecule has 0 aliphatic carbocycles. The predicted molar refractivity (Wildman–Crippen MR) is 82.1 cm³/mol. The van der Waals surface area contributed by atoms with Crippen molar-refractivity contribution in [2.24, 2.45) is 11.7 Å². The molecule has 2 unspecified atom stereocenters. The smallest absolute Gasteiger partial charge is 0.0233 e. The first-order valence-corrected chi connectivity index (χ1v) is 7.71. The maximum atomic E-state index is 6.01. The number of hydrogen-bond donors (Lipinski definition) is 1. The highest BCUT2D eigenvalue weighted by molar-refractivity contribution is 5.21. The summed E-state index contributed by atoms with van der Waals surface area (Å²) < 4.78 is 0. The van der Waals surface area contributed by atoms with E-state index in [2.05, 4.69) is 43.0 Å². The van der Waals surface area contributed by atoms with E-state index in [1.54, 1.807) is 0 Å². The Morgan fingerprint density at radius 1 is 1.32 bits per heavy atom. The molecule has 0 bridgehead atoms. The van der Waals surface area contributed by atoms with E-state index in [0.717, 1.165) is 18.9 Å². The van der Waals surface area contributed by atoms with Crippen LogP contribution in [-0.4, -0.2) is 24.0 Å². The van der Waals surface area contributed by atoms with Gasteiger partial charge in [-0.3, -0.25) is 4.90 Å². The number of aryl methyl sites for hydroxylation is 1. The van der Waals surface area contributed by atoms with E-state index in [4.69, 9.17) is 5.73 Å². The molecule has 2 atom stereocenters. The topological polar surface area (TPSA) is 29.3 Å². The van der Waals surface area contributed by atoms with E-state index >= 15 is 0 Å². The Hall–Kier alpha value is -0.860. The van der Waals surface area contributed by atoms with Gasteiger partial charge in [-0.1, -0.05) is 36.8 Å². The van der Waals surface area contributed by atoms with Crippen molar-refractivity contribution in [1.29, 1.82) is 0 Å². The third-order valence-electron chi connectivity index (χ3n) is 4.37. The molecule has 0 radical (unpaired) electrons. The number of likely N-dealkylation sites (tertiary alicyclic amines) is 1. The second-order valence-corrected chi connectivity index (χ2v) is 6.12. The van der Waals surface area contributed by atoms with Gasteiger partial charge in [0.05, 0.1) is 0 Å². The lowest BCUT2D eigenvalue weighted by molar-refractivity contribution is 0.310. The van der Waals surface area contributed by atoms with Crippen LogP contribution in [0, 0.1) is 12.8 Å². The first kappa shape index (κ1) is 14.5. The summed E-state index contributed by atoms with van der Waals surface area (Å²) in [6.45, 7) is 7.94. The molecule has 1 aliphatic heterocycles. The highest BCUT2D eigenvalue weighted by atomic mass is 15.1. The van der Waals surface area contributed by atoms with Crippen molar-refractivity contribution < 1.29 is 0 Å². The van der Waals surface area contributed by atoms with Gasteiger partial charge < -0.3 is 5.73 Å². The molecule has 19 heavy (non-hydrogen) atoms. The van der Waals surface area contributed by atoms with Gasteiger partial charge in [-0.25, -0.2) is 0 Å². The van der Waals surface area contributed by atoms with Crippen molar-refractivity contribution in [3.63, 3.8) is 0 Å². The molecule has 0 amide bonds. The maximum absolute atomic E-state index is 6.01. The van der Waals surface area contributed by atoms with Crippen molar-refractivity contribution in [3.8, 4) is 0 Å². The van der Waals surface area contributed by atoms with E-state index < -0.39 is 0 Å². The van der Waals surface area contributed by atoms with Gasteiger partial charge in [-0.15, -0.1) is 0 Å². The van der Waals surface area contributed by atoms with Crippen molar-refractivity contribution >= 4 is 0 Å². The molecular formula is C17H28N2. The summed E-state index contributed by atoms with van der Waals surface area (Å²) >= 11 is 0. The van der Waals surface area contributed by atoms with E-state index in [1.807, 2.05) is 0 Å². The quantitative estimate of drug-likeness (QED) is 0.850. The van der Waals surface area contributed by atoms with Crippen molar-refractivity contribution in [2.75, 3.05) is 13.1 Å². The van der Waals surface area contributed by atoms with E-state index in [0.29, 0.717) is 6.04 Å². The van der Waals surface area contributed by atoms with Crippen molar-refractivity contribution in [3.05, 3.63) is 35.4 Å². The molecule has 2 N–H and O–H groups in total. The minimum absolute atomic E-state index is 0.408. The molecule has 0 spiro atoms. The van der Waals surface area contributed by atoms with Gasteiger partial charge in [0, 0.05) is 19.1 Å². The van der Waals surface area contributed by atoms with E-state index in [-0.39, 0.29) is 0 Å². The molecule has 2 nitrogen and oxygen atoms in total. The Morgan fingerprint density at radius 2 is 2.05 bits per heavy atom. The normalized spacial score (nSPS) is 21.7. The van der Waals surface area contributed by atoms with Crippen LogP contribution in [0.3, 0.4) is 0 Å². The minimum Gasteiger partial charge on any atom is -0.328 e. The summed E-state index contributed by atoms with van der Waals surface area (Å²) in [6.07, 6.45) is 4.96. The van der Waals surface area contributed by atoms with Crippen LogP contribution in [0.1, 0.15) is 43.7 Å². The third-order valence-corrected chi connectivity index (χ3v) is 4.37. The minimum atomic E-state index is 0.408. The number of hydrogen-bond acceptors (Lipinski definition) is 2. The summed E-state index contributed by atoms with van der Waals surface area (Å²) in [4.78, 5) is 2.59. The summed E-state index contributed by atoms with van der Waals surface area (Å²) in [5.74, 6) is 0.864. The Labute approximate surface area is 118 Å². The summed E-state index contributed by atoms with van der Waals surface area (Å²) in [6, 6.07) is 9.35. The van der Waals surface area contributed by atoms with Gasteiger partial charge >= 0.3 is 0 Å². The van der Waals surface area contributed by atoms with Crippen LogP contribution in [0.25, 0.3) is 0 Å². The molecule has 106 valence electrons. The lowest BCUT2D eigenvalue weighted by Gasteiger charge is -2.17. The number of nitrogens with zero attached hydrogens (tertiary/aromatic N) is 1. The van der Waals surface area contributed by atoms with Crippen LogP contribution >= 0.6 is 0 Å². The Balaban J connectivity index is 1.74. The molecule has 0 saturated carbocycles. The molecule has 2 heteroatoms. The first-order valence-electron chi connectivity index (χ1n) is 7.71. The second-order valence-electron chi connectivity index (χ2n) is 6.12. The fraction of sp³-hybridized carbons (Fsp3) is 0.647. The highest BCUT2D eigenvalue weighted by Crippen LogP contribution is 2.23. The first-order chi connectivity index (χ1) is 9.17. The molecule has 1 heterocycles. The van der Waals surface area contributed by atoms with Gasteiger partial charge in [0.15, 0.2) is 0 Å². The average molecular weight is 260 g/mol. The van der Waals surface area contributed by atoms with Crippen molar-refractivity contribution in [1.82, 2.24) is 4.90 Å². The van der Waals surface area contributed by atoms with Gasteiger partial charge in [-0.2, -0.15) is 0 Å². The molecule has 1 aliphatic rings. The summed E-state index contributed by atoms with van der Waals surface area (Å²) in [7, 11) is 0. The zero-order valence-corrected chi connectivity index (χ0v) is 12.4. The molecule has 1 saturated heterocycles. The SMILES string of the molecule is CCC(N)CCC1CCN(Cc2ccc(C)cc2)C1. The molecule has 1 aromatic rings. The van der Waals surface area contributed by atoms with E-state index in [9.17, 15) is 0 Å². The summed E-state index contributed by atoms with van der Waals surface area (Å²) in [5, 5.41) is 0. The standard InChI is InChI=1S/C17H28N2/c1-3-17(18)9-8-16-10-11-19(13-16)12-15-6-4-14(2)5-7-15/h4-7,16-17H,3,8-13,18H2,1-2H3. The van der Waals surface area contributed by atoms with Gasteiger partial charge in [0.25, 0.3) is 0 Å². The molecular weight excluding hydrogens is 232 g/mol. The van der Waals surface area contributed by atoms with Gasteiger partial charge in [0.1, 0.15) is 0 Å². The second kappa shape index (κ2) is 7.06. The van der Waals surface area contributed by atoms with Crippen molar-refractivity contribution in [2.45, 2.75) is 52.1 Å². The average Bonchev–Trinajstić information content (AvgIpc) is 2.86. The number of rotatable bonds is 6. The number of nitrogens with two attached hydrogens (primary N) is 1. The van der Waals surface area contributed by atoms with Crippen LogP contribution in [0.5, 0.6) is 0 Å². The van der Waals surface area contributed by atoms with Gasteiger partial charge in [-0.05, 0) is 50.6 Å². The fourth-order valence-corrected chi connectivity index (χ4v) is 2.90. The molecule has 2 rings (SSSR count). The highest BCUT2D eigenvalue weighted by Gasteiger charge is 2.22. The largest absolute Gasteiger partial charge is 0.328 e. The Bertz CT molecular complexity index is 371. The lowest BCUT2D eigenvalue weighted by Crippen LogP contribution is -2.22. The Morgan fingerprint density at radius 3 is 2.74 bits per heavy atom. The van der Waals surface area contributed by atoms with Crippen LogP contribution in [0.15, 0.2) is 24.3 Å². The maximum Gasteiger partial charge on any atom is 0.0233 e. The van der Waals surface area contributed by atoms with E-state index in [1.165, 1.54) is 43.5 Å². The van der Waals surface area contributed by atoms with Crippen LogP contribution in [0.2, 0.25) is 0 Å². The molecule has 0 aromatic heterocycles. The fourth-order valence-electron chi connectivity index (χ4n) is 2.90. The lowest BCUT2D eigenvalue weighted by atomic mass is 9.98. The Kier molecular flexibility index (Phi) is 5.41. The van der Waals surface area contributed by atoms with Crippen LogP contribution in [-0.2, 0) is 6.54 Å². The monoisotopic (exact) mass is 260 g/mol. The van der Waals surface area contributed by atoms with Gasteiger partial charge in [0.2, 0.25) is 0 Å². The molecule has 1 aromatic carbocycles. The third kappa shape index (κ3) is 4.63. The summed E-state index contributed by atoms with van der Waals surface area (Å²) in [5.41, 5.74) is 8.80. The molecule has 1 fully saturated rings. The van der Waals surface area contributed by atoms with Crippen LogP contribution in [0.4, 0.5) is 0 Å². The predicted octanol–water partition coefficient (Wildman–Crippen LogP) is 3.33. The zero-order chi connectivity index (χ0) is 13.7. The zero-order valence-electron chi connectivity index (χ0n) is 12.4. The number of benzene rings is 1. The van der Waals surface area contributed by atoms with Crippen LogP contribution < -0.4 is 5.73 Å².